The summed E-state index contributed by atoms with van der Waals surface area (Å²) in [5.74, 6) is -0.187. The number of nitrogens with two attached hydrogens (primary N) is 1. The van der Waals surface area contributed by atoms with E-state index in [1.807, 2.05) is 30.3 Å². The summed E-state index contributed by atoms with van der Waals surface area (Å²) in [6.45, 7) is 2.21. The summed E-state index contributed by atoms with van der Waals surface area (Å²) in [4.78, 5) is 29.3. The van der Waals surface area contributed by atoms with Gasteiger partial charge in [-0.05, 0) is 42.3 Å². The van der Waals surface area contributed by atoms with Gasteiger partial charge in [-0.15, -0.1) is 0 Å². The molecule has 5 N–H and O–H groups in total. The summed E-state index contributed by atoms with van der Waals surface area (Å²) in [6, 6.07) is 15.3. The Morgan fingerprint density at radius 3 is 2.65 bits per heavy atom. The smallest absolute Gasteiger partial charge is 0.251 e. The van der Waals surface area contributed by atoms with Crippen LogP contribution >= 0.6 is 11.6 Å². The van der Waals surface area contributed by atoms with E-state index in [9.17, 15) is 9.59 Å². The van der Waals surface area contributed by atoms with Crippen LogP contribution in [0.3, 0.4) is 0 Å². The van der Waals surface area contributed by atoms with E-state index in [-0.39, 0.29) is 18.5 Å². The molecule has 3 rings (SSSR count). The molecule has 2 aromatic rings. The SMILES string of the molecule is CN=C(NCc1ccc(C(=O)NCC(N)=O)cc1)NC1CCN(c2cccc(Cl)c2)C1. The molecule has 1 heterocycles. The number of carbonyl (C=O) groups is 2. The van der Waals surface area contributed by atoms with Crippen LogP contribution in [-0.4, -0.2) is 50.5 Å². The van der Waals surface area contributed by atoms with Crippen LogP contribution in [0.1, 0.15) is 22.3 Å². The molecule has 0 aliphatic carbocycles. The molecule has 164 valence electrons. The predicted molar refractivity (Wildman–Crippen MR) is 123 cm³/mol. The second kappa shape index (κ2) is 10.7. The van der Waals surface area contributed by atoms with Crippen molar-refractivity contribution >= 4 is 35.1 Å². The summed E-state index contributed by atoms with van der Waals surface area (Å²) >= 11 is 6.11. The lowest BCUT2D eigenvalue weighted by Crippen LogP contribution is -2.44. The number of amides is 2. The van der Waals surface area contributed by atoms with Crippen molar-refractivity contribution in [2.24, 2.45) is 10.7 Å². The molecule has 0 aromatic heterocycles. The first-order valence-corrected chi connectivity index (χ1v) is 10.5. The molecule has 31 heavy (non-hydrogen) atoms. The lowest BCUT2D eigenvalue weighted by molar-refractivity contribution is -0.117. The molecule has 2 aromatic carbocycles. The van der Waals surface area contributed by atoms with Crippen molar-refractivity contribution in [2.45, 2.75) is 19.0 Å². The molecule has 1 saturated heterocycles. The van der Waals surface area contributed by atoms with Crippen LogP contribution in [0.2, 0.25) is 5.02 Å². The van der Waals surface area contributed by atoms with Gasteiger partial charge in [0.2, 0.25) is 5.91 Å². The standard InChI is InChI=1S/C22H27ClN6O2/c1-25-22(28-18-9-10-29(14-18)19-4-2-3-17(23)11-19)27-12-15-5-7-16(8-6-15)21(31)26-13-20(24)30/h2-8,11,18H,9-10,12-14H2,1H3,(H2,24,30)(H,26,31)(H2,25,27,28). The summed E-state index contributed by atoms with van der Waals surface area (Å²) in [7, 11) is 1.74. The number of carbonyl (C=O) groups excluding carboxylic acids is 2. The molecular formula is C22H27ClN6O2. The second-order valence-corrected chi connectivity index (χ2v) is 7.76. The number of rotatable bonds is 7. The molecular weight excluding hydrogens is 416 g/mol. The minimum absolute atomic E-state index is 0.181. The van der Waals surface area contributed by atoms with Crippen LogP contribution in [0, 0.1) is 0 Å². The van der Waals surface area contributed by atoms with Gasteiger partial charge < -0.3 is 26.6 Å². The molecule has 1 unspecified atom stereocenters. The van der Waals surface area contributed by atoms with E-state index in [4.69, 9.17) is 17.3 Å². The number of hydrogen-bond acceptors (Lipinski definition) is 4. The molecule has 1 atom stereocenters. The van der Waals surface area contributed by atoms with E-state index >= 15 is 0 Å². The first kappa shape index (κ1) is 22.4. The third kappa shape index (κ3) is 6.62. The maximum Gasteiger partial charge on any atom is 0.251 e. The van der Waals surface area contributed by atoms with Crippen molar-refractivity contribution in [3.63, 3.8) is 0 Å². The number of hydrogen-bond donors (Lipinski definition) is 4. The van der Waals surface area contributed by atoms with Gasteiger partial charge >= 0.3 is 0 Å². The third-order valence-electron chi connectivity index (χ3n) is 5.03. The zero-order chi connectivity index (χ0) is 22.2. The summed E-state index contributed by atoms with van der Waals surface area (Å²) in [5, 5.41) is 9.97. The van der Waals surface area contributed by atoms with Crippen molar-refractivity contribution in [1.82, 2.24) is 16.0 Å². The van der Waals surface area contributed by atoms with Gasteiger partial charge in [0.05, 0.1) is 6.54 Å². The van der Waals surface area contributed by atoms with Crippen LogP contribution in [0.4, 0.5) is 5.69 Å². The topological polar surface area (TPSA) is 112 Å². The van der Waals surface area contributed by atoms with Gasteiger partial charge in [0, 0.05) is 49.0 Å². The highest BCUT2D eigenvalue weighted by atomic mass is 35.5. The van der Waals surface area contributed by atoms with Gasteiger partial charge in [0.15, 0.2) is 5.96 Å². The van der Waals surface area contributed by atoms with Crippen LogP contribution in [-0.2, 0) is 11.3 Å². The highest BCUT2D eigenvalue weighted by Crippen LogP contribution is 2.23. The van der Waals surface area contributed by atoms with Crippen LogP contribution in [0.15, 0.2) is 53.5 Å². The Hall–Kier alpha value is -3.26. The van der Waals surface area contributed by atoms with Gasteiger partial charge in [-0.3, -0.25) is 14.6 Å². The summed E-state index contributed by atoms with van der Waals surface area (Å²) < 4.78 is 0. The molecule has 8 nitrogen and oxygen atoms in total. The first-order chi connectivity index (χ1) is 14.9. The zero-order valence-corrected chi connectivity index (χ0v) is 18.2. The fourth-order valence-electron chi connectivity index (χ4n) is 3.40. The second-order valence-electron chi connectivity index (χ2n) is 7.33. The van der Waals surface area contributed by atoms with Crippen molar-refractivity contribution in [3.05, 3.63) is 64.7 Å². The Kier molecular flexibility index (Phi) is 7.72. The Morgan fingerprint density at radius 1 is 1.19 bits per heavy atom. The van der Waals surface area contributed by atoms with E-state index < -0.39 is 5.91 Å². The summed E-state index contributed by atoms with van der Waals surface area (Å²) in [6.07, 6.45) is 1.00. The molecule has 0 bridgehead atoms. The lowest BCUT2D eigenvalue weighted by Gasteiger charge is -2.20. The van der Waals surface area contributed by atoms with Crippen molar-refractivity contribution in [3.8, 4) is 0 Å². The highest BCUT2D eigenvalue weighted by molar-refractivity contribution is 6.30. The number of primary amides is 1. The minimum atomic E-state index is -0.578. The number of nitrogens with one attached hydrogen (secondary N) is 3. The van der Waals surface area contributed by atoms with Gasteiger partial charge in [-0.25, -0.2) is 0 Å². The zero-order valence-electron chi connectivity index (χ0n) is 17.4. The molecule has 2 amide bonds. The average molecular weight is 443 g/mol. The van der Waals surface area contributed by atoms with Gasteiger partial charge in [-0.1, -0.05) is 29.8 Å². The van der Waals surface area contributed by atoms with Gasteiger partial charge in [0.25, 0.3) is 5.91 Å². The average Bonchev–Trinajstić information content (AvgIpc) is 3.24. The fourth-order valence-corrected chi connectivity index (χ4v) is 3.59. The molecule has 0 radical (unpaired) electrons. The van der Waals surface area contributed by atoms with Gasteiger partial charge in [0.1, 0.15) is 0 Å². The summed E-state index contributed by atoms with van der Waals surface area (Å²) in [5.41, 5.74) is 7.64. The Morgan fingerprint density at radius 2 is 1.97 bits per heavy atom. The number of benzene rings is 2. The maximum absolute atomic E-state index is 11.9. The van der Waals surface area contributed by atoms with Crippen molar-refractivity contribution < 1.29 is 9.59 Å². The predicted octanol–water partition coefficient (Wildman–Crippen LogP) is 1.50. The molecule has 0 spiro atoms. The quantitative estimate of drug-likeness (QED) is 0.383. The van der Waals surface area contributed by atoms with E-state index in [0.717, 1.165) is 41.7 Å². The monoisotopic (exact) mass is 442 g/mol. The number of anilines is 1. The minimum Gasteiger partial charge on any atom is -0.369 e. The maximum atomic E-state index is 11.9. The Bertz CT molecular complexity index is 947. The Balaban J connectivity index is 1.47. The highest BCUT2D eigenvalue weighted by Gasteiger charge is 2.23. The third-order valence-corrected chi connectivity index (χ3v) is 5.26. The first-order valence-electron chi connectivity index (χ1n) is 10.1. The molecule has 9 heteroatoms. The number of aliphatic imine (C=N–C) groups is 1. The lowest BCUT2D eigenvalue weighted by atomic mass is 10.1. The molecule has 1 aliphatic rings. The van der Waals surface area contributed by atoms with Crippen LogP contribution < -0.4 is 26.6 Å². The number of guanidine groups is 1. The van der Waals surface area contributed by atoms with Gasteiger partial charge in [-0.2, -0.15) is 0 Å². The Labute approximate surface area is 186 Å². The normalized spacial score (nSPS) is 16.1. The van der Waals surface area contributed by atoms with E-state index in [1.165, 1.54) is 0 Å². The fraction of sp³-hybridized carbons (Fsp3) is 0.318. The van der Waals surface area contributed by atoms with Crippen molar-refractivity contribution in [1.29, 1.82) is 0 Å². The van der Waals surface area contributed by atoms with E-state index in [1.54, 1.807) is 19.2 Å². The molecule has 0 saturated carbocycles. The van der Waals surface area contributed by atoms with Crippen molar-refractivity contribution in [2.75, 3.05) is 31.6 Å². The number of nitrogens with zero attached hydrogens (tertiary/aromatic N) is 2. The van der Waals surface area contributed by atoms with Crippen LogP contribution in [0.25, 0.3) is 0 Å². The van der Waals surface area contributed by atoms with E-state index in [0.29, 0.717) is 12.1 Å². The molecule has 1 aliphatic heterocycles. The van der Waals surface area contributed by atoms with E-state index in [2.05, 4.69) is 31.9 Å². The number of halogens is 1. The largest absolute Gasteiger partial charge is 0.369 e. The van der Waals surface area contributed by atoms with Crippen LogP contribution in [0.5, 0.6) is 0 Å². The molecule has 1 fully saturated rings.